The van der Waals surface area contributed by atoms with Crippen molar-refractivity contribution in [3.63, 3.8) is 0 Å². The summed E-state index contributed by atoms with van der Waals surface area (Å²) in [6, 6.07) is 4.12. The molecule has 0 unspecified atom stereocenters. The summed E-state index contributed by atoms with van der Waals surface area (Å²) in [5.74, 6) is -0.0515. The summed E-state index contributed by atoms with van der Waals surface area (Å²) in [5.41, 5.74) is 5.60. The van der Waals surface area contributed by atoms with Crippen LogP contribution in [-0.4, -0.2) is 17.7 Å². The minimum Gasteiger partial charge on any atom is -0.487 e. The predicted molar refractivity (Wildman–Crippen MR) is 61.8 cm³/mol. The molecule has 106 valence electrons. The van der Waals surface area contributed by atoms with E-state index < -0.39 is 17.5 Å². The second kappa shape index (κ2) is 6.37. The van der Waals surface area contributed by atoms with E-state index >= 15 is 0 Å². The SMILES string of the molecule is NCc1ccc(OCCCC(F)(F)F)c([N+](=O)[O-])c1. The lowest BCUT2D eigenvalue weighted by molar-refractivity contribution is -0.385. The Hall–Kier alpha value is -1.83. The molecule has 2 N–H and O–H groups in total. The van der Waals surface area contributed by atoms with Gasteiger partial charge in [-0.05, 0) is 18.1 Å². The number of nitro groups is 1. The van der Waals surface area contributed by atoms with Crippen LogP contribution in [0.2, 0.25) is 0 Å². The van der Waals surface area contributed by atoms with Gasteiger partial charge in [0, 0.05) is 19.0 Å². The topological polar surface area (TPSA) is 78.4 Å². The Kier molecular flexibility index (Phi) is 5.11. The van der Waals surface area contributed by atoms with E-state index in [1.165, 1.54) is 18.2 Å². The van der Waals surface area contributed by atoms with Crippen LogP contribution in [0.25, 0.3) is 0 Å². The summed E-state index contributed by atoms with van der Waals surface area (Å²) in [5, 5.41) is 10.8. The van der Waals surface area contributed by atoms with Crippen molar-refractivity contribution < 1.29 is 22.8 Å². The number of benzene rings is 1. The van der Waals surface area contributed by atoms with Gasteiger partial charge in [-0.1, -0.05) is 6.07 Å². The molecule has 0 aliphatic carbocycles. The van der Waals surface area contributed by atoms with E-state index in [2.05, 4.69) is 0 Å². The van der Waals surface area contributed by atoms with Crippen LogP contribution < -0.4 is 10.5 Å². The average molecular weight is 278 g/mol. The molecule has 0 bridgehead atoms. The number of rotatable bonds is 6. The Balaban J connectivity index is 2.65. The molecule has 1 aromatic rings. The second-order valence-electron chi connectivity index (χ2n) is 3.83. The molecule has 5 nitrogen and oxygen atoms in total. The van der Waals surface area contributed by atoms with Gasteiger partial charge in [0.05, 0.1) is 11.5 Å². The van der Waals surface area contributed by atoms with Crippen LogP contribution >= 0.6 is 0 Å². The van der Waals surface area contributed by atoms with E-state index in [4.69, 9.17) is 10.5 Å². The normalized spacial score (nSPS) is 11.4. The number of ether oxygens (including phenoxy) is 1. The highest BCUT2D eigenvalue weighted by molar-refractivity contribution is 5.48. The molecular weight excluding hydrogens is 265 g/mol. The molecule has 8 heteroatoms. The lowest BCUT2D eigenvalue weighted by Crippen LogP contribution is -2.10. The number of halogens is 3. The highest BCUT2D eigenvalue weighted by Gasteiger charge is 2.26. The van der Waals surface area contributed by atoms with E-state index in [1.54, 1.807) is 0 Å². The number of hydrogen-bond donors (Lipinski definition) is 1. The Morgan fingerprint density at radius 1 is 1.37 bits per heavy atom. The lowest BCUT2D eigenvalue weighted by Gasteiger charge is -2.09. The molecule has 1 aromatic carbocycles. The van der Waals surface area contributed by atoms with Crippen LogP contribution in [0.3, 0.4) is 0 Å². The van der Waals surface area contributed by atoms with Crippen molar-refractivity contribution in [3.8, 4) is 5.75 Å². The van der Waals surface area contributed by atoms with Crippen molar-refractivity contribution in [1.29, 1.82) is 0 Å². The van der Waals surface area contributed by atoms with Gasteiger partial charge in [-0.25, -0.2) is 0 Å². The molecule has 0 saturated heterocycles. The molecule has 0 radical (unpaired) electrons. The molecule has 0 aliphatic heterocycles. The quantitative estimate of drug-likeness (QED) is 0.493. The molecule has 1 rings (SSSR count). The molecule has 0 fully saturated rings. The Bertz CT molecular complexity index is 449. The average Bonchev–Trinajstić information content (AvgIpc) is 2.33. The van der Waals surface area contributed by atoms with Crippen molar-refractivity contribution >= 4 is 5.69 Å². The summed E-state index contributed by atoms with van der Waals surface area (Å²) in [6.07, 6.45) is -5.49. The molecule has 0 heterocycles. The Morgan fingerprint density at radius 3 is 2.58 bits per heavy atom. The van der Waals surface area contributed by atoms with Gasteiger partial charge in [0.15, 0.2) is 5.75 Å². The van der Waals surface area contributed by atoms with E-state index in [1.807, 2.05) is 0 Å². The molecular formula is C11H13F3N2O3. The summed E-state index contributed by atoms with van der Waals surface area (Å²) in [4.78, 5) is 10.1. The van der Waals surface area contributed by atoms with Crippen molar-refractivity contribution in [1.82, 2.24) is 0 Å². The first-order valence-corrected chi connectivity index (χ1v) is 5.50. The van der Waals surface area contributed by atoms with Crippen molar-refractivity contribution in [2.45, 2.75) is 25.6 Å². The smallest absolute Gasteiger partial charge is 0.389 e. The van der Waals surface area contributed by atoms with E-state index in [0.717, 1.165) is 0 Å². The van der Waals surface area contributed by atoms with Gasteiger partial charge in [0.2, 0.25) is 0 Å². The fourth-order valence-electron chi connectivity index (χ4n) is 1.41. The molecule has 0 aliphatic rings. The maximum absolute atomic E-state index is 11.9. The van der Waals surface area contributed by atoms with Gasteiger partial charge >= 0.3 is 11.9 Å². The molecule has 0 atom stereocenters. The molecule has 0 aromatic heterocycles. The molecule has 0 spiro atoms. The van der Waals surface area contributed by atoms with Gasteiger partial charge < -0.3 is 10.5 Å². The fraction of sp³-hybridized carbons (Fsp3) is 0.455. The Morgan fingerprint density at radius 2 is 2.05 bits per heavy atom. The van der Waals surface area contributed by atoms with Crippen LogP contribution in [0.1, 0.15) is 18.4 Å². The first-order chi connectivity index (χ1) is 8.83. The molecule has 0 amide bonds. The maximum Gasteiger partial charge on any atom is 0.389 e. The number of alkyl halides is 3. The van der Waals surface area contributed by atoms with Crippen LogP contribution in [0.4, 0.5) is 18.9 Å². The third-order valence-electron chi connectivity index (χ3n) is 2.32. The maximum atomic E-state index is 11.9. The summed E-state index contributed by atoms with van der Waals surface area (Å²) >= 11 is 0. The zero-order chi connectivity index (χ0) is 14.5. The summed E-state index contributed by atoms with van der Waals surface area (Å²) < 4.78 is 40.7. The van der Waals surface area contributed by atoms with E-state index in [9.17, 15) is 23.3 Å². The second-order valence-corrected chi connectivity index (χ2v) is 3.83. The monoisotopic (exact) mass is 278 g/mol. The van der Waals surface area contributed by atoms with Gasteiger partial charge in [0.1, 0.15) is 0 Å². The van der Waals surface area contributed by atoms with Crippen LogP contribution in [0.5, 0.6) is 5.75 Å². The number of nitrogens with two attached hydrogens (primary N) is 1. The molecule has 19 heavy (non-hydrogen) atoms. The fourth-order valence-corrected chi connectivity index (χ4v) is 1.41. The minimum atomic E-state index is -4.25. The third-order valence-corrected chi connectivity index (χ3v) is 2.32. The Labute approximate surface area is 107 Å². The standard InChI is InChI=1S/C11H13F3N2O3/c12-11(13,14)4-1-5-19-10-3-2-8(7-15)6-9(10)16(17)18/h2-3,6H,1,4-5,7,15H2. The number of nitrogens with zero attached hydrogens (tertiary/aromatic N) is 1. The highest BCUT2D eigenvalue weighted by Crippen LogP contribution is 2.28. The van der Waals surface area contributed by atoms with Gasteiger partial charge in [-0.3, -0.25) is 10.1 Å². The van der Waals surface area contributed by atoms with Crippen LogP contribution in [0.15, 0.2) is 18.2 Å². The van der Waals surface area contributed by atoms with Crippen LogP contribution in [0, 0.1) is 10.1 Å². The van der Waals surface area contributed by atoms with Crippen LogP contribution in [-0.2, 0) is 6.54 Å². The number of hydrogen-bond acceptors (Lipinski definition) is 4. The van der Waals surface area contributed by atoms with Gasteiger partial charge in [-0.2, -0.15) is 13.2 Å². The van der Waals surface area contributed by atoms with Crippen molar-refractivity contribution in [3.05, 3.63) is 33.9 Å². The first kappa shape index (κ1) is 15.2. The van der Waals surface area contributed by atoms with Gasteiger partial charge in [-0.15, -0.1) is 0 Å². The zero-order valence-corrected chi connectivity index (χ0v) is 9.94. The molecule has 0 saturated carbocycles. The lowest BCUT2D eigenvalue weighted by atomic mass is 10.2. The number of nitro benzene ring substituents is 1. The van der Waals surface area contributed by atoms with Crippen molar-refractivity contribution in [2.75, 3.05) is 6.61 Å². The minimum absolute atomic E-state index is 0.0515. The highest BCUT2D eigenvalue weighted by atomic mass is 19.4. The zero-order valence-electron chi connectivity index (χ0n) is 9.94. The van der Waals surface area contributed by atoms with Crippen molar-refractivity contribution in [2.24, 2.45) is 5.73 Å². The van der Waals surface area contributed by atoms with E-state index in [0.29, 0.717) is 5.56 Å². The van der Waals surface area contributed by atoms with E-state index in [-0.39, 0.29) is 31.0 Å². The summed E-state index contributed by atoms with van der Waals surface area (Å²) in [6.45, 7) is -0.0997. The first-order valence-electron chi connectivity index (χ1n) is 5.50. The largest absolute Gasteiger partial charge is 0.487 e. The summed E-state index contributed by atoms with van der Waals surface area (Å²) in [7, 11) is 0. The third kappa shape index (κ3) is 5.12. The predicted octanol–water partition coefficient (Wildman–Crippen LogP) is 2.77. The van der Waals surface area contributed by atoms with Gasteiger partial charge in [0.25, 0.3) is 0 Å².